The number of aliphatic carboxylic acids is 1. The monoisotopic (exact) mass is 301 g/mol. The van der Waals surface area contributed by atoms with Crippen LogP contribution >= 0.6 is 0 Å². The molecule has 1 aliphatic heterocycles. The zero-order chi connectivity index (χ0) is 15.5. The zero-order valence-electron chi connectivity index (χ0n) is 11.8. The van der Waals surface area contributed by atoms with Gasteiger partial charge in [-0.3, -0.25) is 9.59 Å². The summed E-state index contributed by atoms with van der Waals surface area (Å²) in [4.78, 5) is 25.0. The predicted octanol–water partition coefficient (Wildman–Crippen LogP) is 0.599. The summed E-state index contributed by atoms with van der Waals surface area (Å²) in [6.45, 7) is 0.953. The first kappa shape index (κ1) is 14.2. The summed E-state index contributed by atoms with van der Waals surface area (Å²) >= 11 is 0. The number of benzene rings is 1. The Morgan fingerprint density at radius 2 is 1.82 bits per heavy atom. The highest BCUT2D eigenvalue weighted by Gasteiger charge is 2.27. The van der Waals surface area contributed by atoms with E-state index in [2.05, 4.69) is 15.5 Å². The average Bonchev–Trinajstić information content (AvgIpc) is 3.09. The Hall–Kier alpha value is -2.77. The molecule has 0 bridgehead atoms. The van der Waals surface area contributed by atoms with Crippen molar-refractivity contribution in [2.24, 2.45) is 5.92 Å². The molecule has 3 rings (SSSR count). The van der Waals surface area contributed by atoms with Gasteiger partial charge in [0.05, 0.1) is 11.6 Å². The van der Waals surface area contributed by atoms with Gasteiger partial charge in [0.25, 0.3) is 5.91 Å². The van der Waals surface area contributed by atoms with E-state index in [1.807, 2.05) is 0 Å². The van der Waals surface area contributed by atoms with Crippen LogP contribution in [0.4, 0.5) is 0 Å². The van der Waals surface area contributed by atoms with Gasteiger partial charge in [0.15, 0.2) is 0 Å². The fourth-order valence-electron chi connectivity index (χ4n) is 2.55. The summed E-state index contributed by atoms with van der Waals surface area (Å²) in [5.41, 5.74) is 1.34. The van der Waals surface area contributed by atoms with Crippen LogP contribution in [0.3, 0.4) is 0 Å². The summed E-state index contributed by atoms with van der Waals surface area (Å²) < 4.78 is 1.51. The van der Waals surface area contributed by atoms with Crippen molar-refractivity contribution in [1.82, 2.24) is 25.1 Å². The normalized spacial score (nSPS) is 15.7. The molecule has 0 radical (unpaired) electrons. The Balaban J connectivity index is 1.67. The van der Waals surface area contributed by atoms with E-state index in [0.29, 0.717) is 31.5 Å². The quantitative estimate of drug-likeness (QED) is 0.890. The van der Waals surface area contributed by atoms with Gasteiger partial charge >= 0.3 is 5.97 Å². The van der Waals surface area contributed by atoms with Gasteiger partial charge in [-0.25, -0.2) is 4.68 Å². The summed E-state index contributed by atoms with van der Waals surface area (Å²) in [6.07, 6.45) is 2.49. The Bertz CT molecular complexity index is 660. The first-order chi connectivity index (χ1) is 10.6. The molecule has 0 saturated carbocycles. The summed E-state index contributed by atoms with van der Waals surface area (Å²) in [5, 5.41) is 19.9. The molecule has 1 aromatic carbocycles. The van der Waals surface area contributed by atoms with Gasteiger partial charge < -0.3 is 10.0 Å². The van der Waals surface area contributed by atoms with Crippen molar-refractivity contribution in [3.63, 3.8) is 0 Å². The molecule has 2 heterocycles. The fraction of sp³-hybridized carbons (Fsp3) is 0.357. The Labute approximate surface area is 126 Å². The van der Waals surface area contributed by atoms with Crippen LogP contribution in [0.2, 0.25) is 0 Å². The fourth-order valence-corrected chi connectivity index (χ4v) is 2.55. The van der Waals surface area contributed by atoms with Crippen molar-refractivity contribution in [1.29, 1.82) is 0 Å². The molecule has 1 aliphatic rings. The third kappa shape index (κ3) is 2.80. The molecule has 1 fully saturated rings. The van der Waals surface area contributed by atoms with Crippen LogP contribution in [0.25, 0.3) is 5.69 Å². The molecule has 22 heavy (non-hydrogen) atoms. The van der Waals surface area contributed by atoms with Crippen molar-refractivity contribution in [3.8, 4) is 5.69 Å². The van der Waals surface area contributed by atoms with Gasteiger partial charge in [0.2, 0.25) is 0 Å². The van der Waals surface area contributed by atoms with Crippen molar-refractivity contribution in [2.75, 3.05) is 13.1 Å². The lowest BCUT2D eigenvalue weighted by Gasteiger charge is -2.30. The first-order valence-electron chi connectivity index (χ1n) is 7.00. The molecular formula is C14H15N5O3. The minimum absolute atomic E-state index is 0.0768. The van der Waals surface area contributed by atoms with Crippen molar-refractivity contribution in [3.05, 3.63) is 36.2 Å². The number of carboxylic acid groups (broad SMARTS) is 1. The lowest BCUT2D eigenvalue weighted by molar-refractivity contribution is -0.143. The smallest absolute Gasteiger partial charge is 0.306 e. The van der Waals surface area contributed by atoms with Gasteiger partial charge in [0.1, 0.15) is 6.33 Å². The number of carboxylic acids is 1. The average molecular weight is 301 g/mol. The standard InChI is InChI=1S/C14H15N5O3/c20-13(18-7-5-11(6-8-18)14(21)22)10-1-3-12(4-2-10)19-9-15-16-17-19/h1-4,9,11H,5-8H2,(H,21,22). The molecule has 2 aromatic rings. The van der Waals surface area contributed by atoms with E-state index in [-0.39, 0.29) is 11.8 Å². The Morgan fingerprint density at radius 1 is 1.14 bits per heavy atom. The van der Waals surface area contributed by atoms with E-state index in [9.17, 15) is 9.59 Å². The third-order valence-corrected chi connectivity index (χ3v) is 3.86. The van der Waals surface area contributed by atoms with Gasteiger partial charge in [-0.2, -0.15) is 0 Å². The highest BCUT2D eigenvalue weighted by molar-refractivity contribution is 5.94. The Morgan fingerprint density at radius 3 is 2.36 bits per heavy atom. The summed E-state index contributed by atoms with van der Waals surface area (Å²) in [7, 11) is 0. The zero-order valence-corrected chi connectivity index (χ0v) is 11.8. The predicted molar refractivity (Wildman–Crippen MR) is 75.4 cm³/mol. The highest BCUT2D eigenvalue weighted by Crippen LogP contribution is 2.19. The number of likely N-dealkylation sites (tertiary alicyclic amines) is 1. The number of carbonyl (C=O) groups is 2. The maximum atomic E-state index is 12.4. The number of rotatable bonds is 3. The summed E-state index contributed by atoms with van der Waals surface area (Å²) in [6, 6.07) is 6.99. The molecule has 1 N–H and O–H groups in total. The van der Waals surface area contributed by atoms with E-state index in [1.54, 1.807) is 29.2 Å². The first-order valence-corrected chi connectivity index (χ1v) is 7.00. The molecule has 1 aromatic heterocycles. The number of nitrogens with zero attached hydrogens (tertiary/aromatic N) is 5. The van der Waals surface area contributed by atoms with Gasteiger partial charge in [0, 0.05) is 18.7 Å². The van der Waals surface area contributed by atoms with Gasteiger partial charge in [-0.15, -0.1) is 5.10 Å². The Kier molecular flexibility index (Phi) is 3.82. The highest BCUT2D eigenvalue weighted by atomic mass is 16.4. The van der Waals surface area contributed by atoms with Crippen LogP contribution in [0.5, 0.6) is 0 Å². The van der Waals surface area contributed by atoms with Gasteiger partial charge in [-0.05, 0) is 47.5 Å². The number of carbonyl (C=O) groups excluding carboxylic acids is 1. The van der Waals surface area contributed by atoms with E-state index in [4.69, 9.17) is 5.11 Å². The number of amides is 1. The van der Waals surface area contributed by atoms with Crippen LogP contribution in [-0.2, 0) is 4.79 Å². The van der Waals surface area contributed by atoms with Crippen LogP contribution in [0.1, 0.15) is 23.2 Å². The number of hydrogen-bond donors (Lipinski definition) is 1. The second kappa shape index (κ2) is 5.92. The topological polar surface area (TPSA) is 101 Å². The number of tetrazole rings is 1. The minimum Gasteiger partial charge on any atom is -0.481 e. The number of aromatic nitrogens is 4. The molecule has 0 aliphatic carbocycles. The molecule has 0 unspecified atom stereocenters. The van der Waals surface area contributed by atoms with E-state index >= 15 is 0 Å². The largest absolute Gasteiger partial charge is 0.481 e. The number of hydrogen-bond acceptors (Lipinski definition) is 5. The summed E-state index contributed by atoms with van der Waals surface area (Å²) in [5.74, 6) is -1.20. The molecule has 114 valence electrons. The maximum Gasteiger partial charge on any atom is 0.306 e. The molecular weight excluding hydrogens is 286 g/mol. The van der Waals surface area contributed by atoms with Crippen LogP contribution in [-0.4, -0.2) is 55.2 Å². The van der Waals surface area contributed by atoms with E-state index in [0.717, 1.165) is 5.69 Å². The van der Waals surface area contributed by atoms with Crippen molar-refractivity contribution < 1.29 is 14.7 Å². The van der Waals surface area contributed by atoms with Crippen LogP contribution in [0.15, 0.2) is 30.6 Å². The van der Waals surface area contributed by atoms with Crippen molar-refractivity contribution >= 4 is 11.9 Å². The second-order valence-electron chi connectivity index (χ2n) is 5.21. The second-order valence-corrected chi connectivity index (χ2v) is 5.21. The molecule has 0 spiro atoms. The molecule has 1 amide bonds. The number of piperidine rings is 1. The molecule has 8 heteroatoms. The van der Waals surface area contributed by atoms with Crippen molar-refractivity contribution in [2.45, 2.75) is 12.8 Å². The molecule has 8 nitrogen and oxygen atoms in total. The van der Waals surface area contributed by atoms with E-state index < -0.39 is 5.97 Å². The van der Waals surface area contributed by atoms with E-state index in [1.165, 1.54) is 11.0 Å². The maximum absolute atomic E-state index is 12.4. The lowest BCUT2D eigenvalue weighted by Crippen LogP contribution is -2.40. The molecule has 1 saturated heterocycles. The van der Waals surface area contributed by atoms with Gasteiger partial charge in [-0.1, -0.05) is 0 Å². The van der Waals surface area contributed by atoms with Crippen LogP contribution < -0.4 is 0 Å². The molecule has 0 atom stereocenters. The van der Waals surface area contributed by atoms with Crippen LogP contribution in [0, 0.1) is 5.92 Å². The minimum atomic E-state index is -0.780. The SMILES string of the molecule is O=C(O)C1CCN(C(=O)c2ccc(-n3cnnn3)cc2)CC1. The lowest BCUT2D eigenvalue weighted by atomic mass is 9.96. The third-order valence-electron chi connectivity index (χ3n) is 3.86.